The maximum absolute atomic E-state index is 2.39. The average molecular weight is 697 g/mol. The third-order valence-electron chi connectivity index (χ3n) is 11.2. The van der Waals surface area contributed by atoms with Crippen molar-refractivity contribution < 1.29 is 0 Å². The highest BCUT2D eigenvalue weighted by Gasteiger charge is 2.18. The molecule has 0 unspecified atom stereocenters. The summed E-state index contributed by atoms with van der Waals surface area (Å²) in [5.41, 5.74) is 20.4. The number of benzene rings is 8. The Kier molecular flexibility index (Phi) is 10.1. The van der Waals surface area contributed by atoms with Crippen molar-refractivity contribution in [1.29, 1.82) is 0 Å². The molecule has 54 heavy (non-hydrogen) atoms. The molecule has 8 aromatic carbocycles. The van der Waals surface area contributed by atoms with Gasteiger partial charge in [-0.05, 0) is 138 Å². The number of rotatable bonds is 10. The summed E-state index contributed by atoms with van der Waals surface area (Å²) < 4.78 is 0. The zero-order valence-electron chi connectivity index (χ0n) is 32.0. The molecule has 0 N–H and O–H groups in total. The molecule has 0 aliphatic heterocycles. The monoisotopic (exact) mass is 696 g/mol. The van der Waals surface area contributed by atoms with Gasteiger partial charge in [0.1, 0.15) is 0 Å². The summed E-state index contributed by atoms with van der Waals surface area (Å²) in [5.74, 6) is 0. The van der Waals surface area contributed by atoms with Crippen molar-refractivity contribution in [2.45, 2.75) is 53.4 Å². The van der Waals surface area contributed by atoms with Crippen LogP contribution in [0.1, 0.15) is 49.9 Å². The smallest absolute Gasteiger partial charge is 0.00266 e. The van der Waals surface area contributed by atoms with Gasteiger partial charge in [-0.25, -0.2) is 0 Å². The Morgan fingerprint density at radius 1 is 0.259 bits per heavy atom. The van der Waals surface area contributed by atoms with E-state index in [4.69, 9.17) is 0 Å². The van der Waals surface area contributed by atoms with E-state index in [-0.39, 0.29) is 0 Å². The molecule has 0 saturated heterocycles. The zero-order chi connectivity index (χ0) is 37.0. The van der Waals surface area contributed by atoms with Crippen LogP contribution in [-0.2, 0) is 25.7 Å². The van der Waals surface area contributed by atoms with Crippen molar-refractivity contribution in [3.63, 3.8) is 0 Å². The second-order valence-electron chi connectivity index (χ2n) is 14.4. The molecule has 0 radical (unpaired) electrons. The molecular weight excluding hydrogens is 649 g/mol. The summed E-state index contributed by atoms with van der Waals surface area (Å²) in [6.07, 6.45) is 4.13. The zero-order valence-corrected chi connectivity index (χ0v) is 32.0. The van der Waals surface area contributed by atoms with Gasteiger partial charge >= 0.3 is 0 Å². The van der Waals surface area contributed by atoms with Crippen LogP contribution in [-0.4, -0.2) is 0 Å². The van der Waals surface area contributed by atoms with E-state index in [9.17, 15) is 0 Å². The predicted octanol–water partition coefficient (Wildman–Crippen LogP) is 15.1. The van der Waals surface area contributed by atoms with E-state index in [1.165, 1.54) is 99.8 Å². The van der Waals surface area contributed by atoms with Gasteiger partial charge in [-0.2, -0.15) is 0 Å². The topological polar surface area (TPSA) is 0 Å². The molecule has 0 aliphatic rings. The van der Waals surface area contributed by atoms with Gasteiger partial charge in [0.25, 0.3) is 0 Å². The second kappa shape index (κ2) is 15.6. The van der Waals surface area contributed by atoms with Gasteiger partial charge < -0.3 is 0 Å². The maximum atomic E-state index is 2.39. The van der Waals surface area contributed by atoms with E-state index in [2.05, 4.69) is 198 Å². The summed E-state index contributed by atoms with van der Waals surface area (Å²) in [7, 11) is 0. The first-order valence-corrected chi connectivity index (χ1v) is 19.7. The number of fused-ring (bicyclic) bond motifs is 1. The van der Waals surface area contributed by atoms with Crippen LogP contribution in [0.5, 0.6) is 0 Å². The molecule has 0 amide bonds. The molecule has 0 spiro atoms. The lowest BCUT2D eigenvalue weighted by Gasteiger charge is -2.19. The van der Waals surface area contributed by atoms with Crippen LogP contribution in [0.4, 0.5) is 0 Å². The van der Waals surface area contributed by atoms with Crippen molar-refractivity contribution in [3.8, 4) is 66.8 Å². The van der Waals surface area contributed by atoms with E-state index < -0.39 is 0 Å². The van der Waals surface area contributed by atoms with Crippen LogP contribution in [0.15, 0.2) is 170 Å². The summed E-state index contributed by atoms with van der Waals surface area (Å²) in [4.78, 5) is 0. The Hall–Kier alpha value is -5.98. The summed E-state index contributed by atoms with van der Waals surface area (Å²) in [6, 6.07) is 64.1. The van der Waals surface area contributed by atoms with Crippen molar-refractivity contribution in [2.75, 3.05) is 0 Å². The lowest BCUT2D eigenvalue weighted by molar-refractivity contribution is 1.14. The van der Waals surface area contributed by atoms with Crippen LogP contribution >= 0.6 is 0 Å². The number of aryl methyl sites for hydroxylation is 4. The van der Waals surface area contributed by atoms with Gasteiger partial charge in [0.2, 0.25) is 0 Å². The van der Waals surface area contributed by atoms with Crippen molar-refractivity contribution in [2.24, 2.45) is 0 Å². The molecule has 0 bridgehead atoms. The summed E-state index contributed by atoms with van der Waals surface area (Å²) in [6.45, 7) is 8.87. The Bertz CT molecular complexity index is 2220. The Labute approximate surface area is 321 Å². The normalized spacial score (nSPS) is 11.3. The van der Waals surface area contributed by atoms with Crippen molar-refractivity contribution >= 4 is 10.8 Å². The fourth-order valence-corrected chi connectivity index (χ4v) is 7.93. The molecule has 0 aliphatic carbocycles. The fourth-order valence-electron chi connectivity index (χ4n) is 7.93. The third-order valence-corrected chi connectivity index (χ3v) is 11.2. The molecule has 0 fully saturated rings. The lowest BCUT2D eigenvalue weighted by Crippen LogP contribution is -1.93. The standard InChI is InChI=1S/C54H48/c1-5-37-15-23-41(24-16-37)49-11-9-12-50(42-25-17-38(6-2)18-26-42)53(49)47-33-31-46-36-48(34-32-45(46)35-47)54-51(43-27-19-39(7-3)20-28-43)13-10-14-52(54)44-29-21-40(8-4)22-30-44/h9-36H,5-8H2,1-4H3. The summed E-state index contributed by atoms with van der Waals surface area (Å²) in [5, 5.41) is 2.47. The van der Waals surface area contributed by atoms with Crippen molar-refractivity contribution in [3.05, 3.63) is 192 Å². The predicted molar refractivity (Wildman–Crippen MR) is 234 cm³/mol. The van der Waals surface area contributed by atoms with E-state index >= 15 is 0 Å². The van der Waals surface area contributed by atoms with Crippen LogP contribution in [0.3, 0.4) is 0 Å². The Morgan fingerprint density at radius 3 is 0.741 bits per heavy atom. The largest absolute Gasteiger partial charge is 0.0613 e. The van der Waals surface area contributed by atoms with Crippen molar-refractivity contribution in [1.82, 2.24) is 0 Å². The average Bonchev–Trinajstić information content (AvgIpc) is 3.25. The first kappa shape index (κ1) is 35.1. The van der Waals surface area contributed by atoms with E-state index in [1.54, 1.807) is 0 Å². The van der Waals surface area contributed by atoms with E-state index in [0.717, 1.165) is 25.7 Å². The van der Waals surface area contributed by atoms with Gasteiger partial charge in [0.15, 0.2) is 0 Å². The molecule has 0 heteroatoms. The van der Waals surface area contributed by atoms with Gasteiger partial charge in [-0.3, -0.25) is 0 Å². The highest BCUT2D eigenvalue weighted by Crippen LogP contribution is 2.44. The molecule has 0 heterocycles. The quantitative estimate of drug-likeness (QED) is 0.134. The van der Waals surface area contributed by atoms with Crippen LogP contribution in [0.2, 0.25) is 0 Å². The van der Waals surface area contributed by atoms with Crippen LogP contribution < -0.4 is 0 Å². The Morgan fingerprint density at radius 2 is 0.500 bits per heavy atom. The highest BCUT2D eigenvalue weighted by atomic mass is 14.2. The Balaban J connectivity index is 1.28. The van der Waals surface area contributed by atoms with Gasteiger partial charge in [0.05, 0.1) is 0 Å². The number of hydrogen-bond donors (Lipinski definition) is 0. The second-order valence-corrected chi connectivity index (χ2v) is 14.4. The maximum Gasteiger partial charge on any atom is -0.00266 e. The van der Waals surface area contributed by atoms with Gasteiger partial charge in [-0.1, -0.05) is 185 Å². The van der Waals surface area contributed by atoms with Crippen LogP contribution in [0.25, 0.3) is 77.5 Å². The minimum Gasteiger partial charge on any atom is -0.0613 e. The SMILES string of the molecule is CCc1ccc(-c2cccc(-c3ccc(CC)cc3)c2-c2ccc3cc(-c4c(-c5ccc(CC)cc5)cccc4-c4ccc(CC)cc4)ccc3c2)cc1. The number of hydrogen-bond acceptors (Lipinski definition) is 0. The molecule has 264 valence electrons. The first-order chi connectivity index (χ1) is 26.6. The highest BCUT2D eigenvalue weighted by molar-refractivity contribution is 6.01. The van der Waals surface area contributed by atoms with Gasteiger partial charge in [0, 0.05) is 0 Å². The van der Waals surface area contributed by atoms with E-state index in [0.29, 0.717) is 0 Å². The first-order valence-electron chi connectivity index (χ1n) is 19.7. The summed E-state index contributed by atoms with van der Waals surface area (Å²) >= 11 is 0. The minimum absolute atomic E-state index is 1.03. The molecule has 8 aromatic rings. The fraction of sp³-hybridized carbons (Fsp3) is 0.148. The lowest BCUT2D eigenvalue weighted by atomic mass is 9.85. The van der Waals surface area contributed by atoms with E-state index in [1.807, 2.05) is 0 Å². The van der Waals surface area contributed by atoms with Gasteiger partial charge in [-0.15, -0.1) is 0 Å². The minimum atomic E-state index is 1.03. The van der Waals surface area contributed by atoms with Crippen LogP contribution in [0, 0.1) is 0 Å². The molecule has 0 atom stereocenters. The molecule has 0 aromatic heterocycles. The molecule has 0 nitrogen and oxygen atoms in total. The molecule has 0 saturated carbocycles. The third kappa shape index (κ3) is 6.93. The molecule has 8 rings (SSSR count). The molecular formula is C54H48.